The van der Waals surface area contributed by atoms with Crippen molar-refractivity contribution in [2.24, 2.45) is 7.05 Å². The maximum absolute atomic E-state index is 12.3. The molecule has 0 spiro atoms. The molecule has 6 nitrogen and oxygen atoms in total. The lowest BCUT2D eigenvalue weighted by Gasteiger charge is -2.12. The molecule has 0 aliphatic carbocycles. The number of rotatable bonds is 6. The summed E-state index contributed by atoms with van der Waals surface area (Å²) in [5, 5.41) is 17.2. The number of aromatic nitrogens is 2. The first-order valence-corrected chi connectivity index (χ1v) is 8.16. The first-order chi connectivity index (χ1) is 10.3. The Morgan fingerprint density at radius 2 is 2.14 bits per heavy atom. The molecule has 2 aromatic rings. The second-order valence-corrected chi connectivity index (χ2v) is 6.68. The summed E-state index contributed by atoms with van der Waals surface area (Å²) in [5.41, 5.74) is 0.955. The highest BCUT2D eigenvalue weighted by atomic mass is 32.1. The number of hydrogen-bond donors (Lipinski definition) is 2. The quantitative estimate of drug-likeness (QED) is 0.856. The van der Waals surface area contributed by atoms with Crippen LogP contribution in [0, 0.1) is 0 Å². The zero-order valence-corrected chi connectivity index (χ0v) is 14.0. The third-order valence-electron chi connectivity index (χ3n) is 3.49. The van der Waals surface area contributed by atoms with E-state index in [1.54, 1.807) is 4.68 Å². The van der Waals surface area contributed by atoms with E-state index in [0.29, 0.717) is 17.7 Å². The number of carboxylic acid groups (broad SMARTS) is 1. The molecule has 1 amide bonds. The monoisotopic (exact) mass is 323 g/mol. The van der Waals surface area contributed by atoms with Gasteiger partial charge in [-0.2, -0.15) is 5.10 Å². The van der Waals surface area contributed by atoms with Crippen LogP contribution in [0.15, 0.2) is 6.07 Å². The summed E-state index contributed by atoms with van der Waals surface area (Å²) in [4.78, 5) is 24.9. The number of fused-ring (bicyclic) bond motifs is 1. The van der Waals surface area contributed by atoms with Crippen molar-refractivity contribution < 1.29 is 14.7 Å². The number of thiophene rings is 1. The lowest BCUT2D eigenvalue weighted by atomic mass is 10.1. The average Bonchev–Trinajstić information content (AvgIpc) is 2.99. The van der Waals surface area contributed by atoms with Gasteiger partial charge in [-0.25, -0.2) is 4.79 Å². The van der Waals surface area contributed by atoms with Crippen LogP contribution < -0.4 is 5.32 Å². The summed E-state index contributed by atoms with van der Waals surface area (Å²) < 4.78 is 1.77. The van der Waals surface area contributed by atoms with Gasteiger partial charge in [-0.15, -0.1) is 11.3 Å². The van der Waals surface area contributed by atoms with Gasteiger partial charge in [0.2, 0.25) is 0 Å². The highest BCUT2D eigenvalue weighted by molar-refractivity contribution is 7.20. The zero-order valence-electron chi connectivity index (χ0n) is 13.2. The number of hydrogen-bond acceptors (Lipinski definition) is 4. The van der Waals surface area contributed by atoms with E-state index in [0.717, 1.165) is 15.9 Å². The van der Waals surface area contributed by atoms with Gasteiger partial charge in [0.25, 0.3) is 5.91 Å². The average molecular weight is 323 g/mol. The van der Waals surface area contributed by atoms with E-state index in [1.807, 2.05) is 20.0 Å². The molecule has 1 unspecified atom stereocenters. The topological polar surface area (TPSA) is 84.2 Å². The van der Waals surface area contributed by atoms with Crippen LogP contribution in [0.1, 0.15) is 54.9 Å². The van der Waals surface area contributed by atoms with Crippen LogP contribution in [0.5, 0.6) is 0 Å². The minimum absolute atomic E-state index is 0.265. The molecule has 0 bridgehead atoms. The predicted molar refractivity (Wildman–Crippen MR) is 86.5 cm³/mol. The number of aliphatic carboxylic acids is 1. The van der Waals surface area contributed by atoms with Crippen LogP contribution in [-0.4, -0.2) is 32.8 Å². The summed E-state index contributed by atoms with van der Waals surface area (Å²) in [5.74, 6) is -1.07. The Labute approximate surface area is 133 Å². The van der Waals surface area contributed by atoms with E-state index >= 15 is 0 Å². The van der Waals surface area contributed by atoms with Crippen molar-refractivity contribution >= 4 is 33.4 Å². The van der Waals surface area contributed by atoms with Crippen LogP contribution in [0.3, 0.4) is 0 Å². The molecule has 2 N–H and O–H groups in total. The van der Waals surface area contributed by atoms with Gasteiger partial charge in [-0.05, 0) is 18.4 Å². The molecule has 120 valence electrons. The van der Waals surface area contributed by atoms with E-state index in [4.69, 9.17) is 5.11 Å². The first kappa shape index (κ1) is 16.5. The molecule has 0 fully saturated rings. The molecule has 0 aromatic carbocycles. The van der Waals surface area contributed by atoms with Crippen molar-refractivity contribution in [1.82, 2.24) is 15.1 Å². The van der Waals surface area contributed by atoms with Crippen LogP contribution in [0.4, 0.5) is 0 Å². The third kappa shape index (κ3) is 3.14. The lowest BCUT2D eigenvalue weighted by molar-refractivity contribution is -0.139. The molecule has 0 aliphatic heterocycles. The number of carboxylic acids is 1. The summed E-state index contributed by atoms with van der Waals surface area (Å²) >= 11 is 1.34. The number of nitrogens with one attached hydrogen (secondary N) is 1. The Balaban J connectivity index is 2.29. The second-order valence-electron chi connectivity index (χ2n) is 5.65. The van der Waals surface area contributed by atoms with Crippen molar-refractivity contribution in [3.05, 3.63) is 16.6 Å². The van der Waals surface area contributed by atoms with E-state index in [2.05, 4.69) is 24.3 Å². The van der Waals surface area contributed by atoms with Crippen LogP contribution in [0.2, 0.25) is 0 Å². The Hall–Kier alpha value is -1.89. The summed E-state index contributed by atoms with van der Waals surface area (Å²) in [7, 11) is 1.85. The second kappa shape index (κ2) is 6.48. The molecule has 0 saturated carbocycles. The number of nitrogens with zero attached hydrogens (tertiary/aromatic N) is 2. The molecule has 2 aromatic heterocycles. The van der Waals surface area contributed by atoms with Crippen molar-refractivity contribution in [2.45, 2.75) is 45.6 Å². The fraction of sp³-hybridized carbons (Fsp3) is 0.533. The van der Waals surface area contributed by atoms with Crippen molar-refractivity contribution in [3.63, 3.8) is 0 Å². The van der Waals surface area contributed by atoms with Gasteiger partial charge in [-0.1, -0.05) is 27.2 Å². The van der Waals surface area contributed by atoms with Gasteiger partial charge in [0, 0.05) is 12.4 Å². The van der Waals surface area contributed by atoms with E-state index in [9.17, 15) is 9.59 Å². The van der Waals surface area contributed by atoms with E-state index in [-0.39, 0.29) is 11.8 Å². The van der Waals surface area contributed by atoms with Crippen molar-refractivity contribution in [2.75, 3.05) is 0 Å². The molecule has 7 heteroatoms. The summed E-state index contributed by atoms with van der Waals surface area (Å²) in [6, 6.07) is 0.966. The normalized spacial score (nSPS) is 12.8. The Bertz CT molecular complexity index is 702. The highest BCUT2D eigenvalue weighted by Gasteiger charge is 2.23. The molecular formula is C15H21N3O3S. The van der Waals surface area contributed by atoms with Gasteiger partial charge in [0.15, 0.2) is 0 Å². The van der Waals surface area contributed by atoms with Gasteiger partial charge < -0.3 is 10.4 Å². The van der Waals surface area contributed by atoms with Crippen LogP contribution in [0.25, 0.3) is 10.2 Å². The zero-order chi connectivity index (χ0) is 16.4. The highest BCUT2D eigenvalue weighted by Crippen LogP contribution is 2.31. The van der Waals surface area contributed by atoms with Gasteiger partial charge in [-0.3, -0.25) is 9.48 Å². The van der Waals surface area contributed by atoms with Gasteiger partial charge in [0.1, 0.15) is 10.9 Å². The fourth-order valence-electron chi connectivity index (χ4n) is 2.38. The number of amides is 1. The maximum Gasteiger partial charge on any atom is 0.326 e. The van der Waals surface area contributed by atoms with Crippen LogP contribution in [-0.2, 0) is 11.8 Å². The molecule has 22 heavy (non-hydrogen) atoms. The van der Waals surface area contributed by atoms with Gasteiger partial charge >= 0.3 is 5.97 Å². The molecule has 0 radical (unpaired) electrons. The minimum Gasteiger partial charge on any atom is -0.480 e. The number of carbonyl (C=O) groups excluding carboxylic acids is 1. The molecule has 0 saturated heterocycles. The van der Waals surface area contributed by atoms with Crippen molar-refractivity contribution in [1.29, 1.82) is 0 Å². The predicted octanol–water partition coefficient (Wildman–Crippen LogP) is 2.74. The minimum atomic E-state index is -0.999. The largest absolute Gasteiger partial charge is 0.480 e. The molecular weight excluding hydrogens is 302 g/mol. The van der Waals surface area contributed by atoms with E-state index in [1.165, 1.54) is 11.3 Å². The molecule has 1 atom stereocenters. The Morgan fingerprint density at radius 3 is 2.68 bits per heavy atom. The summed E-state index contributed by atoms with van der Waals surface area (Å²) in [6.45, 7) is 6.00. The molecule has 2 rings (SSSR count). The SMILES string of the molecule is CCCC(NC(=O)c1cc2c(C(C)C)nn(C)c2s1)C(=O)O. The van der Waals surface area contributed by atoms with Gasteiger partial charge in [0.05, 0.1) is 10.6 Å². The molecule has 0 aliphatic rings. The third-order valence-corrected chi connectivity index (χ3v) is 4.69. The number of carbonyl (C=O) groups is 2. The summed E-state index contributed by atoms with van der Waals surface area (Å²) in [6.07, 6.45) is 1.12. The Kier molecular flexibility index (Phi) is 4.85. The fourth-order valence-corrected chi connectivity index (χ4v) is 3.36. The Morgan fingerprint density at radius 1 is 1.45 bits per heavy atom. The van der Waals surface area contributed by atoms with Crippen LogP contribution >= 0.6 is 11.3 Å². The maximum atomic E-state index is 12.3. The molecule has 2 heterocycles. The van der Waals surface area contributed by atoms with E-state index < -0.39 is 12.0 Å². The lowest BCUT2D eigenvalue weighted by Crippen LogP contribution is -2.40. The standard InChI is InChI=1S/C15H21N3O3S/c1-5-6-10(15(20)21)16-13(19)11-7-9-12(8(2)3)17-18(4)14(9)22-11/h7-8,10H,5-6H2,1-4H3,(H,16,19)(H,20,21). The number of aryl methyl sites for hydroxylation is 1. The van der Waals surface area contributed by atoms with Crippen molar-refractivity contribution in [3.8, 4) is 0 Å². The first-order valence-electron chi connectivity index (χ1n) is 7.35. The smallest absolute Gasteiger partial charge is 0.326 e.